The van der Waals surface area contributed by atoms with Crippen LogP contribution in [0.4, 0.5) is 0 Å². The molecule has 18 heavy (non-hydrogen) atoms. The zero-order chi connectivity index (χ0) is 13.5. The first-order chi connectivity index (χ1) is 8.58. The van der Waals surface area contributed by atoms with Crippen molar-refractivity contribution in [1.29, 1.82) is 0 Å². The summed E-state index contributed by atoms with van der Waals surface area (Å²) < 4.78 is 10.5. The highest BCUT2D eigenvalue weighted by Crippen LogP contribution is 2.18. The molecule has 0 aliphatic heterocycles. The van der Waals surface area contributed by atoms with E-state index in [1.165, 1.54) is 0 Å². The molecule has 0 saturated carbocycles. The molecule has 1 rings (SSSR count). The van der Waals surface area contributed by atoms with E-state index in [2.05, 4.69) is 10.3 Å². The van der Waals surface area contributed by atoms with Gasteiger partial charge in [0.05, 0.1) is 12.3 Å². The van der Waals surface area contributed by atoms with Gasteiger partial charge in [0.15, 0.2) is 6.10 Å². The van der Waals surface area contributed by atoms with Crippen molar-refractivity contribution in [3.8, 4) is 5.75 Å². The van der Waals surface area contributed by atoms with Gasteiger partial charge in [-0.3, -0.25) is 4.98 Å². The van der Waals surface area contributed by atoms with Gasteiger partial charge in [-0.15, -0.1) is 0 Å². The molecule has 0 aliphatic carbocycles. The van der Waals surface area contributed by atoms with E-state index < -0.39 is 6.10 Å². The Labute approximate surface area is 108 Å². The van der Waals surface area contributed by atoms with Crippen molar-refractivity contribution >= 4 is 5.97 Å². The molecule has 1 atom stereocenters. The summed E-state index contributed by atoms with van der Waals surface area (Å²) in [5.41, 5.74) is 1.70. The summed E-state index contributed by atoms with van der Waals surface area (Å²) in [6.45, 7) is 6.29. The third kappa shape index (κ3) is 4.00. The minimum absolute atomic E-state index is 0.349. The van der Waals surface area contributed by atoms with Gasteiger partial charge in [0.25, 0.3) is 0 Å². The molecule has 1 aromatic rings. The van der Waals surface area contributed by atoms with Gasteiger partial charge < -0.3 is 14.8 Å². The molecule has 1 unspecified atom stereocenters. The van der Waals surface area contributed by atoms with Crippen LogP contribution >= 0.6 is 0 Å². The molecular weight excluding hydrogens is 232 g/mol. The maximum Gasteiger partial charge on any atom is 0.347 e. The van der Waals surface area contributed by atoms with E-state index in [0.29, 0.717) is 18.9 Å². The van der Waals surface area contributed by atoms with E-state index in [4.69, 9.17) is 9.47 Å². The first kappa shape index (κ1) is 14.4. The largest absolute Gasteiger partial charge is 0.477 e. The summed E-state index contributed by atoms with van der Waals surface area (Å²) in [4.78, 5) is 15.9. The van der Waals surface area contributed by atoms with Gasteiger partial charge in [-0.1, -0.05) is 0 Å². The van der Waals surface area contributed by atoms with Crippen LogP contribution in [0.1, 0.15) is 25.2 Å². The second-order valence-electron chi connectivity index (χ2n) is 3.94. The van der Waals surface area contributed by atoms with Crippen LogP contribution in [0.3, 0.4) is 0 Å². The zero-order valence-corrected chi connectivity index (χ0v) is 11.3. The first-order valence-electron chi connectivity index (χ1n) is 6.02. The Morgan fingerprint density at radius 3 is 2.83 bits per heavy atom. The van der Waals surface area contributed by atoms with Gasteiger partial charge in [-0.25, -0.2) is 4.79 Å². The van der Waals surface area contributed by atoms with E-state index in [9.17, 15) is 4.79 Å². The lowest BCUT2D eigenvalue weighted by Crippen LogP contribution is -2.27. The number of carbonyl (C=O) groups is 1. The summed E-state index contributed by atoms with van der Waals surface area (Å²) in [6.07, 6.45) is -0.634. The van der Waals surface area contributed by atoms with Crippen molar-refractivity contribution in [1.82, 2.24) is 10.3 Å². The molecule has 0 bridgehead atoms. The van der Waals surface area contributed by atoms with Crippen LogP contribution in [-0.4, -0.2) is 30.7 Å². The molecule has 1 heterocycles. The number of hydrogen-bond donors (Lipinski definition) is 1. The van der Waals surface area contributed by atoms with Crippen molar-refractivity contribution in [2.75, 3.05) is 13.7 Å². The van der Waals surface area contributed by atoms with E-state index in [-0.39, 0.29) is 5.97 Å². The number of hydrogen-bond acceptors (Lipinski definition) is 5. The van der Waals surface area contributed by atoms with Crippen LogP contribution in [0.25, 0.3) is 0 Å². The second-order valence-corrected chi connectivity index (χ2v) is 3.94. The second kappa shape index (κ2) is 6.96. The molecule has 0 radical (unpaired) electrons. The number of esters is 1. The third-order valence-corrected chi connectivity index (χ3v) is 2.34. The summed E-state index contributed by atoms with van der Waals surface area (Å²) >= 11 is 0. The van der Waals surface area contributed by atoms with Crippen LogP contribution in [0.5, 0.6) is 5.75 Å². The normalized spacial score (nSPS) is 12.0. The van der Waals surface area contributed by atoms with Crippen molar-refractivity contribution in [3.63, 3.8) is 0 Å². The Bertz CT molecular complexity index is 407. The van der Waals surface area contributed by atoms with E-state index in [1.807, 2.05) is 26.1 Å². The molecule has 5 nitrogen and oxygen atoms in total. The number of nitrogens with one attached hydrogen (secondary N) is 1. The van der Waals surface area contributed by atoms with Gasteiger partial charge in [-0.2, -0.15) is 0 Å². The predicted octanol–water partition coefficient (Wildman–Crippen LogP) is 1.44. The average Bonchev–Trinajstić information content (AvgIpc) is 2.33. The Balaban J connectivity index is 2.79. The Morgan fingerprint density at radius 1 is 1.50 bits per heavy atom. The van der Waals surface area contributed by atoms with Crippen molar-refractivity contribution in [2.45, 2.75) is 33.4 Å². The van der Waals surface area contributed by atoms with Gasteiger partial charge >= 0.3 is 5.97 Å². The number of nitrogens with zero attached hydrogens (tertiary/aromatic N) is 1. The summed E-state index contributed by atoms with van der Waals surface area (Å²) in [5, 5.41) is 3.02. The van der Waals surface area contributed by atoms with Gasteiger partial charge in [0, 0.05) is 12.2 Å². The molecule has 100 valence electrons. The van der Waals surface area contributed by atoms with E-state index in [1.54, 1.807) is 13.8 Å². The summed E-state index contributed by atoms with van der Waals surface area (Å²) in [6, 6.07) is 3.68. The molecule has 0 saturated heterocycles. The molecule has 5 heteroatoms. The molecule has 1 aromatic heterocycles. The maximum atomic E-state index is 11.5. The first-order valence-corrected chi connectivity index (χ1v) is 6.02. The topological polar surface area (TPSA) is 60.5 Å². The Morgan fingerprint density at radius 2 is 2.22 bits per heavy atom. The number of pyridine rings is 1. The smallest absolute Gasteiger partial charge is 0.347 e. The van der Waals surface area contributed by atoms with Crippen LogP contribution in [0.2, 0.25) is 0 Å². The number of ether oxygens (including phenoxy) is 2. The Kier molecular flexibility index (Phi) is 5.58. The monoisotopic (exact) mass is 252 g/mol. The molecule has 0 amide bonds. The summed E-state index contributed by atoms with van der Waals surface area (Å²) in [5.74, 6) is 0.240. The lowest BCUT2D eigenvalue weighted by atomic mass is 10.2. The standard InChI is InChI=1S/C13H20N2O3/c1-5-17-13(16)10(3)18-12-7-6-9(2)15-11(12)8-14-4/h6-7,10,14H,5,8H2,1-4H3. The fraction of sp³-hybridized carbons (Fsp3) is 0.538. The SMILES string of the molecule is CCOC(=O)C(C)Oc1ccc(C)nc1CNC. The van der Waals surface area contributed by atoms with Crippen molar-refractivity contribution in [2.24, 2.45) is 0 Å². The highest BCUT2D eigenvalue weighted by molar-refractivity contribution is 5.74. The van der Waals surface area contributed by atoms with Gasteiger partial charge in [-0.05, 0) is 40.0 Å². The highest BCUT2D eigenvalue weighted by Gasteiger charge is 2.17. The fourth-order valence-electron chi connectivity index (χ4n) is 1.50. The van der Waals surface area contributed by atoms with Crippen molar-refractivity contribution < 1.29 is 14.3 Å². The van der Waals surface area contributed by atoms with Gasteiger partial charge in [0.2, 0.25) is 0 Å². The predicted molar refractivity (Wildman–Crippen MR) is 68.5 cm³/mol. The van der Waals surface area contributed by atoms with Crippen LogP contribution < -0.4 is 10.1 Å². The highest BCUT2D eigenvalue weighted by atomic mass is 16.6. The van der Waals surface area contributed by atoms with Crippen molar-refractivity contribution in [3.05, 3.63) is 23.5 Å². The molecule has 1 N–H and O–H groups in total. The lowest BCUT2D eigenvalue weighted by molar-refractivity contribution is -0.150. The summed E-state index contributed by atoms with van der Waals surface area (Å²) in [7, 11) is 1.84. The minimum atomic E-state index is -0.634. The average molecular weight is 252 g/mol. The van der Waals surface area contributed by atoms with Gasteiger partial charge in [0.1, 0.15) is 5.75 Å². The molecular formula is C13H20N2O3. The quantitative estimate of drug-likeness (QED) is 0.776. The molecule has 0 aromatic carbocycles. The molecule has 0 spiro atoms. The van der Waals surface area contributed by atoms with Crippen LogP contribution in [-0.2, 0) is 16.1 Å². The number of aromatic nitrogens is 1. The Hall–Kier alpha value is -1.62. The lowest BCUT2D eigenvalue weighted by Gasteiger charge is -2.16. The molecule has 0 fully saturated rings. The van der Waals surface area contributed by atoms with Crippen LogP contribution in [0.15, 0.2) is 12.1 Å². The number of rotatable bonds is 6. The fourth-order valence-corrected chi connectivity index (χ4v) is 1.50. The number of aryl methyl sites for hydroxylation is 1. The molecule has 0 aliphatic rings. The van der Waals surface area contributed by atoms with E-state index >= 15 is 0 Å². The number of carbonyl (C=O) groups excluding carboxylic acids is 1. The zero-order valence-electron chi connectivity index (χ0n) is 11.3. The maximum absolute atomic E-state index is 11.5. The van der Waals surface area contributed by atoms with Crippen LogP contribution in [0, 0.1) is 6.92 Å². The van der Waals surface area contributed by atoms with E-state index in [0.717, 1.165) is 11.4 Å². The minimum Gasteiger partial charge on any atom is -0.477 e. The third-order valence-electron chi connectivity index (χ3n) is 2.34.